The molecule has 7 heteroatoms. The van der Waals surface area contributed by atoms with E-state index < -0.39 is 18.0 Å². The van der Waals surface area contributed by atoms with Gasteiger partial charge < -0.3 is 25.1 Å². The van der Waals surface area contributed by atoms with Crippen LogP contribution in [0.15, 0.2) is 72.8 Å². The second kappa shape index (κ2) is 11.0. The van der Waals surface area contributed by atoms with Crippen LogP contribution in [0.2, 0.25) is 0 Å². The number of hydrogen-bond donors (Lipinski definition) is 3. The number of nitriles is 1. The fourth-order valence-electron chi connectivity index (χ4n) is 3.04. The largest absolute Gasteiger partial charge is 0.489 e. The van der Waals surface area contributed by atoms with E-state index >= 15 is 0 Å². The van der Waals surface area contributed by atoms with Crippen molar-refractivity contribution in [1.82, 2.24) is 0 Å². The highest BCUT2D eigenvalue weighted by Gasteiger charge is 2.14. The van der Waals surface area contributed by atoms with Gasteiger partial charge in [-0.1, -0.05) is 42.5 Å². The first-order chi connectivity index (χ1) is 15.5. The number of nitrogens with zero attached hydrogens (tertiary/aromatic N) is 1. The van der Waals surface area contributed by atoms with Gasteiger partial charge in [-0.25, -0.2) is 4.39 Å². The van der Waals surface area contributed by atoms with Gasteiger partial charge in [0, 0.05) is 18.1 Å². The average Bonchev–Trinajstić information content (AvgIpc) is 2.81. The second-order valence-corrected chi connectivity index (χ2v) is 7.14. The molecular weight excluding hydrogens is 411 g/mol. The molecule has 3 N–H and O–H groups in total. The van der Waals surface area contributed by atoms with Gasteiger partial charge in [0.25, 0.3) is 0 Å². The number of hydrogen-bond acceptors (Lipinski definition) is 6. The zero-order chi connectivity index (χ0) is 22.9. The topological polar surface area (TPSA) is 107 Å². The van der Waals surface area contributed by atoms with E-state index in [1.807, 2.05) is 36.4 Å². The highest BCUT2D eigenvalue weighted by atomic mass is 19.1. The zero-order valence-electron chi connectivity index (χ0n) is 17.2. The molecule has 6 nitrogen and oxygen atoms in total. The molecule has 0 aliphatic heterocycles. The number of rotatable bonds is 10. The summed E-state index contributed by atoms with van der Waals surface area (Å²) >= 11 is 0. The minimum atomic E-state index is -1.56. The molecule has 32 heavy (non-hydrogen) atoms. The first-order valence-electron chi connectivity index (χ1n) is 9.99. The molecule has 0 aromatic heterocycles. The Labute approximate surface area is 185 Å². The Balaban J connectivity index is 1.54. The quantitative estimate of drug-likeness (QED) is 0.328. The van der Waals surface area contributed by atoms with Gasteiger partial charge in [0.1, 0.15) is 30.5 Å². The Hall–Kier alpha value is -3.73. The summed E-state index contributed by atoms with van der Waals surface area (Å²) in [5, 5.41) is 35.3. The molecule has 0 aliphatic rings. The third-order valence-corrected chi connectivity index (χ3v) is 4.81. The van der Waals surface area contributed by atoms with Gasteiger partial charge in [0.05, 0.1) is 17.7 Å². The lowest BCUT2D eigenvalue weighted by Crippen LogP contribution is -2.11. The summed E-state index contributed by atoms with van der Waals surface area (Å²) in [5.74, 6) is -0.305. The molecule has 0 spiro atoms. The first-order valence-corrected chi connectivity index (χ1v) is 9.99. The summed E-state index contributed by atoms with van der Waals surface area (Å²) in [6, 6.07) is 22.3. The van der Waals surface area contributed by atoms with Crippen LogP contribution in [0.1, 0.15) is 29.0 Å². The minimum absolute atomic E-state index is 0.00231. The molecule has 0 saturated carbocycles. The minimum Gasteiger partial charge on any atom is -0.489 e. The Morgan fingerprint density at radius 2 is 1.66 bits per heavy atom. The fraction of sp³-hybridized carbons (Fsp3) is 0.200. The first kappa shape index (κ1) is 22.9. The number of nitrogens with one attached hydrogen (secondary N) is 1. The van der Waals surface area contributed by atoms with E-state index in [0.29, 0.717) is 28.3 Å². The van der Waals surface area contributed by atoms with Crippen LogP contribution in [0.3, 0.4) is 0 Å². The second-order valence-electron chi connectivity index (χ2n) is 7.14. The van der Waals surface area contributed by atoms with Crippen molar-refractivity contribution in [3.63, 3.8) is 0 Å². The summed E-state index contributed by atoms with van der Waals surface area (Å²) in [4.78, 5) is 0. The molecule has 1 unspecified atom stereocenters. The third-order valence-electron chi connectivity index (χ3n) is 4.81. The van der Waals surface area contributed by atoms with Gasteiger partial charge in [-0.15, -0.1) is 0 Å². The zero-order valence-corrected chi connectivity index (χ0v) is 17.2. The molecule has 3 aromatic rings. The lowest BCUT2D eigenvalue weighted by molar-refractivity contribution is -0.0469. The fourth-order valence-corrected chi connectivity index (χ4v) is 3.04. The number of benzene rings is 3. The van der Waals surface area contributed by atoms with E-state index in [2.05, 4.69) is 0 Å². The van der Waals surface area contributed by atoms with Crippen LogP contribution in [0.4, 0.5) is 4.39 Å². The van der Waals surface area contributed by atoms with Gasteiger partial charge >= 0.3 is 0 Å². The van der Waals surface area contributed by atoms with Crippen LogP contribution >= 0.6 is 0 Å². The maximum absolute atomic E-state index is 14.4. The van der Waals surface area contributed by atoms with Gasteiger partial charge in [-0.2, -0.15) is 5.26 Å². The van der Waals surface area contributed by atoms with Crippen LogP contribution in [-0.2, 0) is 6.61 Å². The molecule has 0 fully saturated rings. The maximum atomic E-state index is 14.4. The van der Waals surface area contributed by atoms with Gasteiger partial charge in [-0.05, 0) is 35.4 Å². The summed E-state index contributed by atoms with van der Waals surface area (Å²) < 4.78 is 25.6. The van der Waals surface area contributed by atoms with Crippen molar-refractivity contribution in [3.8, 4) is 17.6 Å². The molecule has 0 heterocycles. The number of aliphatic hydroxyl groups excluding tert-OH is 1. The van der Waals surface area contributed by atoms with Crippen molar-refractivity contribution in [2.45, 2.75) is 25.2 Å². The van der Waals surface area contributed by atoms with E-state index in [9.17, 15) is 4.39 Å². The smallest absolute Gasteiger partial charge is 0.153 e. The monoisotopic (exact) mass is 434 g/mol. The number of halogens is 1. The predicted molar refractivity (Wildman–Crippen MR) is 117 cm³/mol. The van der Waals surface area contributed by atoms with Crippen molar-refractivity contribution >= 4 is 5.71 Å². The van der Waals surface area contributed by atoms with E-state index in [1.54, 1.807) is 36.4 Å². The normalized spacial score (nSPS) is 11.6. The highest BCUT2D eigenvalue weighted by Crippen LogP contribution is 2.24. The van der Waals surface area contributed by atoms with Crippen molar-refractivity contribution in [3.05, 3.63) is 95.3 Å². The number of aliphatic hydroxyl groups is 2. The van der Waals surface area contributed by atoms with Crippen LogP contribution in [-0.4, -0.2) is 28.8 Å². The summed E-state index contributed by atoms with van der Waals surface area (Å²) in [5.41, 5.74) is 2.03. The van der Waals surface area contributed by atoms with Crippen LogP contribution < -0.4 is 9.47 Å². The predicted octanol–water partition coefficient (Wildman–Crippen LogP) is 4.16. The molecule has 0 bridgehead atoms. The Morgan fingerprint density at radius 3 is 2.28 bits per heavy atom. The third kappa shape index (κ3) is 6.38. The lowest BCUT2D eigenvalue weighted by Gasteiger charge is -2.13. The number of ether oxygens (including phenoxy) is 2. The van der Waals surface area contributed by atoms with Crippen molar-refractivity contribution < 1.29 is 24.1 Å². The van der Waals surface area contributed by atoms with Crippen LogP contribution in [0, 0.1) is 22.6 Å². The Morgan fingerprint density at radius 1 is 0.969 bits per heavy atom. The molecule has 3 aromatic carbocycles. The summed E-state index contributed by atoms with van der Waals surface area (Å²) in [6.45, 7) is 0.0327. The summed E-state index contributed by atoms with van der Waals surface area (Å²) in [6.07, 6.45) is -1.64. The molecule has 0 radical (unpaired) electrons. The van der Waals surface area contributed by atoms with Crippen molar-refractivity contribution in [1.29, 1.82) is 10.7 Å². The molecule has 164 valence electrons. The van der Waals surface area contributed by atoms with Crippen molar-refractivity contribution in [2.75, 3.05) is 6.61 Å². The molecule has 0 amide bonds. The maximum Gasteiger partial charge on any atom is 0.153 e. The lowest BCUT2D eigenvalue weighted by atomic mass is 9.97. The average molecular weight is 434 g/mol. The van der Waals surface area contributed by atoms with E-state index in [1.165, 1.54) is 6.07 Å². The molecule has 1 atom stereocenters. The van der Waals surface area contributed by atoms with E-state index in [0.717, 1.165) is 5.56 Å². The van der Waals surface area contributed by atoms with Crippen molar-refractivity contribution in [2.24, 2.45) is 0 Å². The molecular formula is C25H23FN2O4. The Kier molecular flexibility index (Phi) is 7.92. The molecule has 0 saturated heterocycles. The van der Waals surface area contributed by atoms with E-state index in [4.69, 9.17) is 30.4 Å². The highest BCUT2D eigenvalue weighted by molar-refractivity contribution is 5.99. The SMILES string of the molecule is N#CC(CC(O)O)c1ccc(OCc2ccc(OCC(=N)c3ccccc3)cc2F)cc1. The van der Waals surface area contributed by atoms with Gasteiger partial charge in [-0.3, -0.25) is 0 Å². The van der Waals surface area contributed by atoms with Gasteiger partial charge in [0.15, 0.2) is 6.29 Å². The Bertz CT molecular complexity index is 1080. The van der Waals surface area contributed by atoms with Crippen LogP contribution in [0.25, 0.3) is 0 Å². The summed E-state index contributed by atoms with van der Waals surface area (Å²) in [7, 11) is 0. The molecule has 0 aliphatic carbocycles. The van der Waals surface area contributed by atoms with Gasteiger partial charge in [0.2, 0.25) is 0 Å². The van der Waals surface area contributed by atoms with Crippen LogP contribution in [0.5, 0.6) is 11.5 Å². The molecule has 3 rings (SSSR count). The standard InChI is InChI=1S/C25H23FN2O4/c26-23-13-22(32-16-24(28)18-4-2-1-3-5-18)11-8-19(23)15-31-21-9-6-17(7-10-21)20(14-27)12-25(29)30/h1-11,13,20,25,28-30H,12,15-16H2. The van der Waals surface area contributed by atoms with E-state index in [-0.39, 0.29) is 19.6 Å².